The molecule has 0 bridgehead atoms. The fourth-order valence-corrected chi connectivity index (χ4v) is 2.92. The Morgan fingerprint density at radius 2 is 1.96 bits per heavy atom. The lowest BCUT2D eigenvalue weighted by Crippen LogP contribution is -2.47. The predicted octanol–water partition coefficient (Wildman–Crippen LogP) is 0.563. The zero-order chi connectivity index (χ0) is 17.5. The molecule has 8 heteroatoms. The Hall–Kier alpha value is -2.48. The van der Waals surface area contributed by atoms with Crippen LogP contribution in [0.3, 0.4) is 0 Å². The SMILES string of the molecule is CC(C(=O)NCCCN1CCN(c2ncccn2)CC1)n1ccnc1. The molecule has 0 radical (unpaired) electrons. The van der Waals surface area contributed by atoms with E-state index in [-0.39, 0.29) is 11.9 Å². The molecule has 1 atom stereocenters. The standard InChI is InChI=1S/C17H25N7O/c1-15(24-9-7-18-14-24)16(25)19-6-3-8-22-10-12-23(13-11-22)17-20-4-2-5-21-17/h2,4-5,7,9,14-15H,3,6,8,10-13H2,1H3,(H,19,25). The van der Waals surface area contributed by atoms with Crippen LogP contribution >= 0.6 is 0 Å². The van der Waals surface area contributed by atoms with Gasteiger partial charge in [-0.3, -0.25) is 9.69 Å². The second-order valence-corrected chi connectivity index (χ2v) is 6.21. The molecule has 0 spiro atoms. The van der Waals surface area contributed by atoms with E-state index in [0.29, 0.717) is 6.54 Å². The van der Waals surface area contributed by atoms with Gasteiger partial charge in [-0.1, -0.05) is 0 Å². The van der Waals surface area contributed by atoms with Gasteiger partial charge in [-0.2, -0.15) is 0 Å². The normalized spacial score (nSPS) is 16.6. The molecule has 3 rings (SSSR count). The molecule has 134 valence electrons. The molecule has 1 fully saturated rings. The van der Waals surface area contributed by atoms with Gasteiger partial charge in [-0.25, -0.2) is 15.0 Å². The summed E-state index contributed by atoms with van der Waals surface area (Å²) in [5.74, 6) is 0.840. The fourth-order valence-electron chi connectivity index (χ4n) is 2.92. The van der Waals surface area contributed by atoms with Crippen LogP contribution in [0.4, 0.5) is 5.95 Å². The molecular weight excluding hydrogens is 318 g/mol. The van der Waals surface area contributed by atoms with Crippen LogP contribution < -0.4 is 10.2 Å². The smallest absolute Gasteiger partial charge is 0.242 e. The molecular formula is C17H25N7O. The Morgan fingerprint density at radius 3 is 2.64 bits per heavy atom. The highest BCUT2D eigenvalue weighted by atomic mass is 16.2. The number of hydrogen-bond donors (Lipinski definition) is 1. The summed E-state index contributed by atoms with van der Waals surface area (Å²) in [4.78, 5) is 29.3. The first kappa shape index (κ1) is 17.3. The van der Waals surface area contributed by atoms with E-state index >= 15 is 0 Å². The lowest BCUT2D eigenvalue weighted by Gasteiger charge is -2.34. The maximum Gasteiger partial charge on any atom is 0.242 e. The van der Waals surface area contributed by atoms with Crippen LogP contribution in [0, 0.1) is 0 Å². The Kier molecular flexibility index (Phi) is 5.95. The number of aromatic nitrogens is 4. The molecule has 2 aromatic heterocycles. The summed E-state index contributed by atoms with van der Waals surface area (Å²) in [7, 11) is 0. The number of piperazine rings is 1. The average molecular weight is 343 g/mol. The van der Waals surface area contributed by atoms with Gasteiger partial charge in [0.25, 0.3) is 0 Å². The molecule has 0 aromatic carbocycles. The summed E-state index contributed by atoms with van der Waals surface area (Å²) in [6.07, 6.45) is 9.67. The van der Waals surface area contributed by atoms with Crippen LogP contribution in [-0.2, 0) is 4.79 Å². The predicted molar refractivity (Wildman–Crippen MR) is 95.2 cm³/mol. The monoisotopic (exact) mass is 343 g/mol. The molecule has 1 N–H and O–H groups in total. The molecule has 1 amide bonds. The number of carbonyl (C=O) groups is 1. The fraction of sp³-hybridized carbons (Fsp3) is 0.529. The van der Waals surface area contributed by atoms with Crippen molar-refractivity contribution in [1.29, 1.82) is 0 Å². The lowest BCUT2D eigenvalue weighted by atomic mass is 10.2. The van der Waals surface area contributed by atoms with E-state index in [4.69, 9.17) is 0 Å². The van der Waals surface area contributed by atoms with Crippen molar-refractivity contribution in [1.82, 2.24) is 29.7 Å². The van der Waals surface area contributed by atoms with Crippen molar-refractivity contribution < 1.29 is 4.79 Å². The molecule has 25 heavy (non-hydrogen) atoms. The Morgan fingerprint density at radius 1 is 1.20 bits per heavy atom. The quantitative estimate of drug-likeness (QED) is 0.740. The van der Waals surface area contributed by atoms with Crippen molar-refractivity contribution in [3.8, 4) is 0 Å². The number of imidazole rings is 1. The van der Waals surface area contributed by atoms with E-state index in [2.05, 4.69) is 30.1 Å². The number of nitrogens with one attached hydrogen (secondary N) is 1. The van der Waals surface area contributed by atoms with Crippen LogP contribution in [0.25, 0.3) is 0 Å². The van der Waals surface area contributed by atoms with Crippen molar-refractivity contribution >= 4 is 11.9 Å². The van der Waals surface area contributed by atoms with Crippen LogP contribution in [-0.4, -0.2) is 69.6 Å². The second-order valence-electron chi connectivity index (χ2n) is 6.21. The van der Waals surface area contributed by atoms with Crippen molar-refractivity contribution in [3.05, 3.63) is 37.2 Å². The van der Waals surface area contributed by atoms with Crippen molar-refractivity contribution in [2.75, 3.05) is 44.2 Å². The zero-order valence-electron chi connectivity index (χ0n) is 14.6. The third-order valence-corrected chi connectivity index (χ3v) is 4.51. The number of rotatable bonds is 7. The third-order valence-electron chi connectivity index (χ3n) is 4.51. The number of amides is 1. The molecule has 2 aromatic rings. The molecule has 0 saturated carbocycles. The highest BCUT2D eigenvalue weighted by Crippen LogP contribution is 2.09. The molecule has 1 aliphatic rings. The maximum atomic E-state index is 12.1. The Bertz CT molecular complexity index is 638. The summed E-state index contributed by atoms with van der Waals surface area (Å²) in [6.45, 7) is 7.43. The summed E-state index contributed by atoms with van der Waals surface area (Å²) in [5.41, 5.74) is 0. The number of hydrogen-bond acceptors (Lipinski definition) is 6. The first-order valence-electron chi connectivity index (χ1n) is 8.73. The van der Waals surface area contributed by atoms with Gasteiger partial charge in [-0.15, -0.1) is 0 Å². The van der Waals surface area contributed by atoms with Crippen molar-refractivity contribution in [3.63, 3.8) is 0 Å². The molecule has 1 saturated heterocycles. The maximum absolute atomic E-state index is 12.1. The van der Waals surface area contributed by atoms with Gasteiger partial charge >= 0.3 is 0 Å². The van der Waals surface area contributed by atoms with Crippen LogP contribution in [0.15, 0.2) is 37.2 Å². The zero-order valence-corrected chi connectivity index (χ0v) is 14.6. The topological polar surface area (TPSA) is 79.2 Å². The van der Waals surface area contributed by atoms with E-state index in [1.807, 2.05) is 13.0 Å². The van der Waals surface area contributed by atoms with E-state index in [1.54, 1.807) is 35.7 Å². The molecule has 1 aliphatic heterocycles. The first-order chi connectivity index (χ1) is 12.2. The minimum Gasteiger partial charge on any atom is -0.354 e. The van der Waals surface area contributed by atoms with Gasteiger partial charge in [0, 0.05) is 57.5 Å². The van der Waals surface area contributed by atoms with Crippen LogP contribution in [0.1, 0.15) is 19.4 Å². The average Bonchev–Trinajstić information content (AvgIpc) is 3.20. The summed E-state index contributed by atoms with van der Waals surface area (Å²) >= 11 is 0. The van der Waals surface area contributed by atoms with Crippen molar-refractivity contribution in [2.24, 2.45) is 0 Å². The largest absolute Gasteiger partial charge is 0.354 e. The van der Waals surface area contributed by atoms with Gasteiger partial charge in [-0.05, 0) is 26.0 Å². The number of nitrogens with zero attached hydrogens (tertiary/aromatic N) is 6. The molecule has 0 aliphatic carbocycles. The first-order valence-corrected chi connectivity index (χ1v) is 8.73. The minimum atomic E-state index is -0.225. The lowest BCUT2D eigenvalue weighted by molar-refractivity contribution is -0.123. The van der Waals surface area contributed by atoms with Crippen LogP contribution in [0.2, 0.25) is 0 Å². The number of carbonyl (C=O) groups excluding carboxylic acids is 1. The second kappa shape index (κ2) is 8.57. The van der Waals surface area contributed by atoms with Crippen molar-refractivity contribution in [2.45, 2.75) is 19.4 Å². The Balaban J connectivity index is 1.32. The highest BCUT2D eigenvalue weighted by molar-refractivity contribution is 5.79. The van der Waals surface area contributed by atoms with Gasteiger partial charge in [0.05, 0.1) is 6.33 Å². The molecule has 8 nitrogen and oxygen atoms in total. The molecule has 1 unspecified atom stereocenters. The van der Waals surface area contributed by atoms with Gasteiger partial charge < -0.3 is 14.8 Å². The Labute approximate surface area is 147 Å². The van der Waals surface area contributed by atoms with Gasteiger partial charge in [0.1, 0.15) is 6.04 Å². The summed E-state index contributed by atoms with van der Waals surface area (Å²) in [5, 5.41) is 3.00. The van der Waals surface area contributed by atoms with Gasteiger partial charge in [0.15, 0.2) is 0 Å². The summed E-state index contributed by atoms with van der Waals surface area (Å²) < 4.78 is 1.81. The highest BCUT2D eigenvalue weighted by Gasteiger charge is 2.18. The van der Waals surface area contributed by atoms with E-state index in [1.165, 1.54) is 0 Å². The number of anilines is 1. The molecule has 3 heterocycles. The van der Waals surface area contributed by atoms with Crippen LogP contribution in [0.5, 0.6) is 0 Å². The van der Waals surface area contributed by atoms with Gasteiger partial charge in [0.2, 0.25) is 11.9 Å². The van der Waals surface area contributed by atoms with E-state index in [9.17, 15) is 4.79 Å². The minimum absolute atomic E-state index is 0.0315. The summed E-state index contributed by atoms with van der Waals surface area (Å²) in [6, 6.07) is 1.61. The third kappa shape index (κ3) is 4.76. The van der Waals surface area contributed by atoms with E-state index < -0.39 is 0 Å². The van der Waals surface area contributed by atoms with E-state index in [0.717, 1.165) is 45.1 Å².